The molecule has 1 aliphatic heterocycles. The lowest BCUT2D eigenvalue weighted by Crippen LogP contribution is -2.58. The predicted molar refractivity (Wildman–Crippen MR) is 172 cm³/mol. The van der Waals surface area contributed by atoms with Crippen LogP contribution in [0.5, 0.6) is 5.75 Å². The number of fused-ring (bicyclic) bond motifs is 1. The highest BCUT2D eigenvalue weighted by Crippen LogP contribution is 2.32. The van der Waals surface area contributed by atoms with Gasteiger partial charge in [-0.05, 0) is 93.8 Å². The number of nitrogens with one attached hydrogen (secondary N) is 4. The van der Waals surface area contributed by atoms with Crippen molar-refractivity contribution in [2.24, 2.45) is 5.92 Å². The second kappa shape index (κ2) is 14.9. The Hall–Kier alpha value is -3.92. The second-order valence-corrected chi connectivity index (χ2v) is 12.7. The molecule has 1 saturated carbocycles. The maximum Gasteiger partial charge on any atom is 0.251 e. The number of rotatable bonds is 10. The molecule has 4 N–H and O–H groups in total. The van der Waals surface area contributed by atoms with Crippen LogP contribution in [0.3, 0.4) is 0 Å². The molecule has 2 fully saturated rings. The van der Waals surface area contributed by atoms with Crippen LogP contribution in [0.1, 0.15) is 85.8 Å². The average Bonchev–Trinajstić information content (AvgIpc) is 3.50. The molecule has 4 amide bonds. The highest BCUT2D eigenvalue weighted by atomic mass is 16.5. The molecule has 2 aromatic rings. The number of carbonyl (C=O) groups is 4. The summed E-state index contributed by atoms with van der Waals surface area (Å²) in [6, 6.07) is 12.4. The molecule has 10 heteroatoms. The number of methoxy groups -OCH3 is 1. The third-order valence-electron chi connectivity index (χ3n) is 9.77. The summed E-state index contributed by atoms with van der Waals surface area (Å²) in [7, 11) is 3.28. The van der Waals surface area contributed by atoms with Crippen LogP contribution in [0.2, 0.25) is 0 Å². The van der Waals surface area contributed by atoms with Crippen molar-refractivity contribution >= 4 is 23.6 Å². The molecule has 0 bridgehead atoms. The van der Waals surface area contributed by atoms with Gasteiger partial charge in [-0.2, -0.15) is 0 Å². The Kier molecular flexibility index (Phi) is 10.8. The molecule has 10 nitrogen and oxygen atoms in total. The normalized spacial score (nSPS) is 22.9. The molecule has 45 heavy (non-hydrogen) atoms. The fraction of sp³-hybridized carbons (Fsp3) is 0.543. The Balaban J connectivity index is 1.39. The molecule has 0 aromatic heterocycles. The number of aryl methyl sites for hydroxylation is 1. The van der Waals surface area contributed by atoms with E-state index in [4.69, 9.17) is 4.74 Å². The summed E-state index contributed by atoms with van der Waals surface area (Å²) in [4.78, 5) is 56.4. The fourth-order valence-electron chi connectivity index (χ4n) is 7.05. The maximum atomic E-state index is 14.5. The SMILES string of the molecule is CNC(C)C(=O)NC(C(=O)N1CC(NC(=O)c2ccc(OC)cc2)CC1C(=O)NC1CCCc2ccccc21)C1CCCCC1. The Bertz CT molecular complexity index is 1360. The second-order valence-electron chi connectivity index (χ2n) is 12.7. The number of hydrogen-bond donors (Lipinski definition) is 4. The largest absolute Gasteiger partial charge is 0.497 e. The van der Waals surface area contributed by atoms with Crippen LogP contribution in [-0.2, 0) is 20.8 Å². The van der Waals surface area contributed by atoms with Crippen molar-refractivity contribution in [2.75, 3.05) is 20.7 Å². The molecule has 2 aliphatic carbocycles. The van der Waals surface area contributed by atoms with Crippen molar-refractivity contribution in [3.63, 3.8) is 0 Å². The molecule has 5 atom stereocenters. The van der Waals surface area contributed by atoms with Gasteiger partial charge in [0.05, 0.1) is 19.2 Å². The van der Waals surface area contributed by atoms with E-state index in [1.165, 1.54) is 5.56 Å². The topological polar surface area (TPSA) is 129 Å². The minimum Gasteiger partial charge on any atom is -0.497 e. The lowest BCUT2D eigenvalue weighted by Gasteiger charge is -2.35. The van der Waals surface area contributed by atoms with Gasteiger partial charge in [-0.1, -0.05) is 43.5 Å². The Labute approximate surface area is 266 Å². The molecule has 1 heterocycles. The van der Waals surface area contributed by atoms with Crippen LogP contribution in [-0.4, -0.2) is 73.4 Å². The Morgan fingerprint density at radius 1 is 0.911 bits per heavy atom. The van der Waals surface area contributed by atoms with Crippen LogP contribution in [0.4, 0.5) is 0 Å². The molecule has 0 radical (unpaired) electrons. The third kappa shape index (κ3) is 7.66. The van der Waals surface area contributed by atoms with E-state index in [1.54, 1.807) is 50.2 Å². The lowest BCUT2D eigenvalue weighted by atomic mass is 9.83. The number of benzene rings is 2. The smallest absolute Gasteiger partial charge is 0.251 e. The summed E-state index contributed by atoms with van der Waals surface area (Å²) < 4.78 is 5.21. The highest BCUT2D eigenvalue weighted by molar-refractivity contribution is 5.96. The van der Waals surface area contributed by atoms with Gasteiger partial charge >= 0.3 is 0 Å². The van der Waals surface area contributed by atoms with Crippen molar-refractivity contribution in [1.82, 2.24) is 26.2 Å². The summed E-state index contributed by atoms with van der Waals surface area (Å²) >= 11 is 0. The Morgan fingerprint density at radius 3 is 2.36 bits per heavy atom. The molecule has 2 aromatic carbocycles. The van der Waals surface area contributed by atoms with E-state index in [9.17, 15) is 19.2 Å². The molecule has 3 aliphatic rings. The number of nitrogens with zero attached hydrogens (tertiary/aromatic N) is 1. The van der Waals surface area contributed by atoms with Gasteiger partial charge in [-0.3, -0.25) is 19.2 Å². The third-order valence-corrected chi connectivity index (χ3v) is 9.77. The van der Waals surface area contributed by atoms with Gasteiger partial charge in [0.1, 0.15) is 17.8 Å². The predicted octanol–water partition coefficient (Wildman–Crippen LogP) is 3.26. The molecule has 0 spiro atoms. The minimum absolute atomic E-state index is 0.0128. The first kappa shape index (κ1) is 32.5. The molecule has 1 saturated heterocycles. The van der Waals surface area contributed by atoms with E-state index in [2.05, 4.69) is 33.4 Å². The van der Waals surface area contributed by atoms with Crippen LogP contribution < -0.4 is 26.0 Å². The van der Waals surface area contributed by atoms with Crippen LogP contribution in [0.15, 0.2) is 48.5 Å². The van der Waals surface area contributed by atoms with Crippen molar-refractivity contribution in [3.05, 3.63) is 65.2 Å². The van der Waals surface area contributed by atoms with E-state index in [0.29, 0.717) is 11.3 Å². The summed E-state index contributed by atoms with van der Waals surface area (Å²) in [5.74, 6) is -0.385. The van der Waals surface area contributed by atoms with Gasteiger partial charge in [0.15, 0.2) is 0 Å². The van der Waals surface area contributed by atoms with E-state index >= 15 is 0 Å². The van der Waals surface area contributed by atoms with Gasteiger partial charge in [-0.15, -0.1) is 0 Å². The zero-order valence-electron chi connectivity index (χ0n) is 26.6. The van der Waals surface area contributed by atoms with Crippen molar-refractivity contribution in [2.45, 2.75) is 94.9 Å². The first-order chi connectivity index (χ1) is 21.8. The summed E-state index contributed by atoms with van der Waals surface area (Å²) in [5, 5.41) is 12.3. The van der Waals surface area contributed by atoms with E-state index in [1.807, 2.05) is 12.1 Å². The molecular formula is C35H47N5O5. The van der Waals surface area contributed by atoms with Gasteiger partial charge < -0.3 is 30.9 Å². The standard InChI is InChI=1S/C35H47N5O5/c1-22(36-2)32(41)39-31(24-11-5-4-6-12-24)35(44)40-21-26(37-33(42)25-16-18-27(45-3)19-17-25)20-30(40)34(43)38-29-15-9-13-23-10-7-8-14-28(23)29/h7-8,10,14,16-19,22,24,26,29-31,36H,4-6,9,11-13,15,20-21H2,1-3H3,(H,37,42)(H,38,43)(H,39,41). The number of ether oxygens (including phenoxy) is 1. The zero-order valence-corrected chi connectivity index (χ0v) is 26.6. The molecule has 242 valence electrons. The van der Waals surface area contributed by atoms with E-state index < -0.39 is 24.2 Å². The quantitative estimate of drug-likeness (QED) is 0.324. The van der Waals surface area contributed by atoms with Gasteiger partial charge in [0, 0.05) is 18.2 Å². The van der Waals surface area contributed by atoms with Crippen LogP contribution in [0.25, 0.3) is 0 Å². The lowest BCUT2D eigenvalue weighted by molar-refractivity contribution is -0.143. The van der Waals surface area contributed by atoms with Crippen LogP contribution >= 0.6 is 0 Å². The fourth-order valence-corrected chi connectivity index (χ4v) is 7.05. The number of carbonyl (C=O) groups excluding carboxylic acids is 4. The first-order valence-electron chi connectivity index (χ1n) is 16.4. The average molecular weight is 618 g/mol. The molecular weight excluding hydrogens is 570 g/mol. The highest BCUT2D eigenvalue weighted by Gasteiger charge is 2.45. The van der Waals surface area contributed by atoms with Crippen molar-refractivity contribution in [1.29, 1.82) is 0 Å². The van der Waals surface area contributed by atoms with E-state index in [0.717, 1.165) is 56.9 Å². The number of hydrogen-bond acceptors (Lipinski definition) is 6. The maximum absolute atomic E-state index is 14.5. The summed E-state index contributed by atoms with van der Waals surface area (Å²) in [6.45, 7) is 1.94. The number of likely N-dealkylation sites (tertiary alicyclic amines) is 1. The summed E-state index contributed by atoms with van der Waals surface area (Å²) in [6.07, 6.45) is 7.83. The van der Waals surface area contributed by atoms with Gasteiger partial charge in [0.2, 0.25) is 17.7 Å². The first-order valence-corrected chi connectivity index (χ1v) is 16.4. The summed E-state index contributed by atoms with van der Waals surface area (Å²) in [5.41, 5.74) is 2.82. The zero-order chi connectivity index (χ0) is 31.9. The Morgan fingerprint density at radius 2 is 1.64 bits per heavy atom. The number of amides is 4. The van der Waals surface area contributed by atoms with Crippen molar-refractivity contribution < 1.29 is 23.9 Å². The molecule has 5 rings (SSSR count). The number of likely N-dealkylation sites (N-methyl/N-ethyl adjacent to an activating group) is 1. The van der Waals surface area contributed by atoms with Gasteiger partial charge in [-0.25, -0.2) is 0 Å². The minimum atomic E-state index is -0.780. The van der Waals surface area contributed by atoms with Crippen molar-refractivity contribution in [3.8, 4) is 5.75 Å². The van der Waals surface area contributed by atoms with Gasteiger partial charge in [0.25, 0.3) is 5.91 Å². The van der Waals surface area contributed by atoms with E-state index in [-0.39, 0.29) is 48.6 Å². The van der Waals surface area contributed by atoms with Crippen LogP contribution in [0, 0.1) is 5.92 Å². The monoisotopic (exact) mass is 617 g/mol. The molecule has 5 unspecified atom stereocenters.